The summed E-state index contributed by atoms with van der Waals surface area (Å²) in [5, 5.41) is 3.56. The topological polar surface area (TPSA) is 12.0 Å². The van der Waals surface area contributed by atoms with E-state index < -0.39 is 0 Å². The largest absolute Gasteiger partial charge is 0.310 e. The Labute approximate surface area is 93.9 Å². The molecular formula is C14H23N. The summed E-state index contributed by atoms with van der Waals surface area (Å²) < 4.78 is 0. The quantitative estimate of drug-likeness (QED) is 0.789. The minimum Gasteiger partial charge on any atom is -0.310 e. The molecule has 0 bridgehead atoms. The molecule has 0 spiro atoms. The van der Waals surface area contributed by atoms with E-state index in [1.165, 1.54) is 12.0 Å². The number of rotatable bonds is 4. The molecule has 0 aliphatic heterocycles. The Morgan fingerprint density at radius 2 is 1.73 bits per heavy atom. The van der Waals surface area contributed by atoms with Crippen LogP contribution in [0.3, 0.4) is 0 Å². The van der Waals surface area contributed by atoms with E-state index in [-0.39, 0.29) is 0 Å². The highest BCUT2D eigenvalue weighted by atomic mass is 14.9. The Morgan fingerprint density at radius 3 is 2.27 bits per heavy atom. The smallest absolute Gasteiger partial charge is 0.0291 e. The van der Waals surface area contributed by atoms with Crippen LogP contribution >= 0.6 is 0 Å². The van der Waals surface area contributed by atoms with Gasteiger partial charge in [-0.25, -0.2) is 0 Å². The average molecular weight is 205 g/mol. The first-order chi connectivity index (χ1) is 6.99. The first-order valence-corrected chi connectivity index (χ1v) is 5.77. The lowest BCUT2D eigenvalue weighted by Crippen LogP contribution is -2.23. The number of hydrogen-bond acceptors (Lipinski definition) is 1. The van der Waals surface area contributed by atoms with Gasteiger partial charge >= 0.3 is 0 Å². The van der Waals surface area contributed by atoms with E-state index in [4.69, 9.17) is 0 Å². The van der Waals surface area contributed by atoms with E-state index in [2.05, 4.69) is 63.3 Å². The molecule has 1 N–H and O–H groups in total. The van der Waals surface area contributed by atoms with Crippen molar-refractivity contribution in [2.24, 2.45) is 5.41 Å². The minimum absolute atomic E-state index is 0.420. The summed E-state index contributed by atoms with van der Waals surface area (Å²) in [7, 11) is 0. The number of hydrogen-bond donors (Lipinski definition) is 1. The molecular weight excluding hydrogens is 182 g/mol. The van der Waals surface area contributed by atoms with Gasteiger partial charge in [0.1, 0.15) is 0 Å². The van der Waals surface area contributed by atoms with Gasteiger partial charge in [0, 0.05) is 6.04 Å². The summed E-state index contributed by atoms with van der Waals surface area (Å²) in [6, 6.07) is 11.1. The third kappa shape index (κ3) is 4.98. The molecule has 0 radical (unpaired) electrons. The number of nitrogens with one attached hydrogen (secondary N) is 1. The molecule has 15 heavy (non-hydrogen) atoms. The molecule has 1 unspecified atom stereocenters. The summed E-state index contributed by atoms with van der Waals surface area (Å²) >= 11 is 0. The van der Waals surface area contributed by atoms with Crippen LogP contribution in [0.2, 0.25) is 0 Å². The van der Waals surface area contributed by atoms with E-state index in [1.54, 1.807) is 0 Å². The second-order valence-electron chi connectivity index (χ2n) is 5.40. The van der Waals surface area contributed by atoms with Crippen LogP contribution in [0.15, 0.2) is 30.3 Å². The zero-order valence-corrected chi connectivity index (χ0v) is 10.4. The highest BCUT2D eigenvalue weighted by Crippen LogP contribution is 2.18. The molecule has 0 saturated heterocycles. The maximum absolute atomic E-state index is 3.56. The van der Waals surface area contributed by atoms with Crippen LogP contribution in [0.1, 0.15) is 45.7 Å². The monoisotopic (exact) mass is 205 g/mol. The SMILES string of the molecule is CC(NCCC(C)(C)C)c1ccccc1. The van der Waals surface area contributed by atoms with Crippen molar-refractivity contribution >= 4 is 0 Å². The maximum atomic E-state index is 3.56. The van der Waals surface area contributed by atoms with Crippen LogP contribution < -0.4 is 5.32 Å². The molecule has 1 rings (SSSR count). The molecule has 0 aliphatic rings. The van der Waals surface area contributed by atoms with Gasteiger partial charge in [0.15, 0.2) is 0 Å². The van der Waals surface area contributed by atoms with E-state index in [0.717, 1.165) is 6.54 Å². The summed E-state index contributed by atoms with van der Waals surface area (Å²) in [5.74, 6) is 0. The molecule has 1 aromatic carbocycles. The predicted molar refractivity (Wildman–Crippen MR) is 66.9 cm³/mol. The second-order valence-corrected chi connectivity index (χ2v) is 5.40. The van der Waals surface area contributed by atoms with Crippen LogP contribution in [-0.4, -0.2) is 6.54 Å². The van der Waals surface area contributed by atoms with E-state index in [9.17, 15) is 0 Å². The third-order valence-corrected chi connectivity index (χ3v) is 2.63. The van der Waals surface area contributed by atoms with Crippen LogP contribution in [0, 0.1) is 5.41 Å². The van der Waals surface area contributed by atoms with Crippen molar-refractivity contribution < 1.29 is 0 Å². The number of benzene rings is 1. The van der Waals surface area contributed by atoms with Crippen molar-refractivity contribution in [3.05, 3.63) is 35.9 Å². The van der Waals surface area contributed by atoms with E-state index in [1.807, 2.05) is 0 Å². The first kappa shape index (κ1) is 12.3. The fraction of sp³-hybridized carbons (Fsp3) is 0.571. The Kier molecular flexibility index (Phi) is 4.34. The molecule has 0 aromatic heterocycles. The van der Waals surface area contributed by atoms with Gasteiger partial charge in [-0.05, 0) is 30.9 Å². The van der Waals surface area contributed by atoms with Crippen molar-refractivity contribution in [2.75, 3.05) is 6.54 Å². The molecule has 1 atom stereocenters. The van der Waals surface area contributed by atoms with E-state index in [0.29, 0.717) is 11.5 Å². The van der Waals surface area contributed by atoms with Crippen molar-refractivity contribution in [2.45, 2.75) is 40.2 Å². The second kappa shape index (κ2) is 5.32. The average Bonchev–Trinajstić information content (AvgIpc) is 2.17. The zero-order valence-electron chi connectivity index (χ0n) is 10.4. The first-order valence-electron chi connectivity index (χ1n) is 5.77. The molecule has 0 amide bonds. The standard InChI is InChI=1S/C14H23N/c1-12(13-8-6-5-7-9-13)15-11-10-14(2,3)4/h5-9,12,15H,10-11H2,1-4H3. The lowest BCUT2D eigenvalue weighted by atomic mass is 9.92. The van der Waals surface area contributed by atoms with Crippen molar-refractivity contribution in [3.63, 3.8) is 0 Å². The fourth-order valence-corrected chi connectivity index (χ4v) is 1.52. The normalized spacial score (nSPS) is 13.9. The summed E-state index contributed by atoms with van der Waals surface area (Å²) in [6.07, 6.45) is 1.21. The molecule has 1 aromatic rings. The Balaban J connectivity index is 2.34. The molecule has 1 heteroatoms. The van der Waals surface area contributed by atoms with Gasteiger partial charge in [0.25, 0.3) is 0 Å². The lowest BCUT2D eigenvalue weighted by molar-refractivity contribution is 0.358. The Morgan fingerprint density at radius 1 is 1.13 bits per heavy atom. The fourth-order valence-electron chi connectivity index (χ4n) is 1.52. The van der Waals surface area contributed by atoms with Crippen molar-refractivity contribution in [1.82, 2.24) is 5.32 Å². The molecule has 0 heterocycles. The molecule has 84 valence electrons. The van der Waals surface area contributed by atoms with Crippen LogP contribution in [-0.2, 0) is 0 Å². The van der Waals surface area contributed by atoms with Gasteiger partial charge in [-0.15, -0.1) is 0 Å². The predicted octanol–water partition coefficient (Wildman–Crippen LogP) is 3.77. The van der Waals surface area contributed by atoms with Crippen molar-refractivity contribution in [1.29, 1.82) is 0 Å². The van der Waals surface area contributed by atoms with Gasteiger partial charge in [-0.2, -0.15) is 0 Å². The van der Waals surface area contributed by atoms with Crippen LogP contribution in [0.4, 0.5) is 0 Å². The minimum atomic E-state index is 0.420. The summed E-state index contributed by atoms with van der Waals surface area (Å²) in [4.78, 5) is 0. The zero-order chi connectivity index (χ0) is 11.3. The summed E-state index contributed by atoms with van der Waals surface area (Å²) in [6.45, 7) is 10.1. The van der Waals surface area contributed by atoms with Gasteiger partial charge in [0.2, 0.25) is 0 Å². The summed E-state index contributed by atoms with van der Waals surface area (Å²) in [5.41, 5.74) is 1.79. The van der Waals surface area contributed by atoms with Crippen LogP contribution in [0.5, 0.6) is 0 Å². The van der Waals surface area contributed by atoms with E-state index >= 15 is 0 Å². The van der Waals surface area contributed by atoms with Gasteiger partial charge in [-0.3, -0.25) is 0 Å². The third-order valence-electron chi connectivity index (χ3n) is 2.63. The van der Waals surface area contributed by atoms with Gasteiger partial charge in [-0.1, -0.05) is 51.1 Å². The van der Waals surface area contributed by atoms with Crippen LogP contribution in [0.25, 0.3) is 0 Å². The molecule has 0 aliphatic carbocycles. The lowest BCUT2D eigenvalue weighted by Gasteiger charge is -2.20. The van der Waals surface area contributed by atoms with Gasteiger partial charge in [0.05, 0.1) is 0 Å². The van der Waals surface area contributed by atoms with Gasteiger partial charge < -0.3 is 5.32 Å². The molecule has 1 nitrogen and oxygen atoms in total. The maximum Gasteiger partial charge on any atom is 0.0291 e. The highest BCUT2D eigenvalue weighted by Gasteiger charge is 2.10. The molecule has 0 fully saturated rings. The highest BCUT2D eigenvalue weighted by molar-refractivity contribution is 5.17. The molecule has 0 saturated carbocycles. The Hall–Kier alpha value is -0.820. The van der Waals surface area contributed by atoms with Crippen molar-refractivity contribution in [3.8, 4) is 0 Å². The Bertz CT molecular complexity index is 271.